The highest BCUT2D eigenvalue weighted by Gasteiger charge is 2.49. The third-order valence-electron chi connectivity index (χ3n) is 6.81. The summed E-state index contributed by atoms with van der Waals surface area (Å²) in [7, 11) is 0. The van der Waals surface area contributed by atoms with Gasteiger partial charge in [0.1, 0.15) is 6.54 Å². The molecule has 0 N–H and O–H groups in total. The molecule has 1 spiro atoms. The average molecular weight is 373 g/mol. The van der Waals surface area contributed by atoms with Crippen LogP contribution in [0.25, 0.3) is 0 Å². The van der Waals surface area contributed by atoms with Crippen LogP contribution in [0.2, 0.25) is 0 Å². The zero-order valence-corrected chi connectivity index (χ0v) is 16.5. The Morgan fingerprint density at radius 3 is 2.74 bits per heavy atom. The Labute approximate surface area is 161 Å². The van der Waals surface area contributed by atoms with Crippen LogP contribution in [0, 0.1) is 18.3 Å². The first kappa shape index (κ1) is 18.5. The SMILES string of the molecule is Cc1ccn(CC(=O)N2CC[C@@]3(CCCN(CC4CCCCC4)C3=O)C2)n1. The van der Waals surface area contributed by atoms with Gasteiger partial charge < -0.3 is 9.80 Å². The smallest absolute Gasteiger partial charge is 0.244 e. The molecule has 1 aromatic heterocycles. The Balaban J connectivity index is 1.37. The lowest BCUT2D eigenvalue weighted by atomic mass is 9.77. The fourth-order valence-corrected chi connectivity index (χ4v) is 5.26. The second-order valence-electron chi connectivity index (χ2n) is 8.86. The van der Waals surface area contributed by atoms with Crippen molar-refractivity contribution in [2.75, 3.05) is 26.2 Å². The number of nitrogens with zero attached hydrogens (tertiary/aromatic N) is 4. The molecule has 2 aliphatic heterocycles. The standard InChI is InChI=1S/C21H32N4O2/c1-17-8-12-25(22-17)15-19(26)24-13-10-21(16-24)9-5-11-23(20(21)27)14-18-6-3-2-4-7-18/h8,12,18H,2-7,9-11,13-16H2,1H3/t21-/m0/s1. The lowest BCUT2D eigenvalue weighted by Gasteiger charge is -2.41. The highest BCUT2D eigenvalue weighted by molar-refractivity contribution is 5.86. The number of amides is 2. The molecule has 0 unspecified atom stereocenters. The topological polar surface area (TPSA) is 58.4 Å². The zero-order valence-electron chi connectivity index (χ0n) is 16.5. The molecule has 0 aromatic carbocycles. The molecule has 1 atom stereocenters. The van der Waals surface area contributed by atoms with Crippen LogP contribution in [0.1, 0.15) is 57.1 Å². The van der Waals surface area contributed by atoms with Gasteiger partial charge in [-0.05, 0) is 51.0 Å². The van der Waals surface area contributed by atoms with Crippen molar-refractivity contribution >= 4 is 11.8 Å². The van der Waals surface area contributed by atoms with Crippen LogP contribution in [-0.2, 0) is 16.1 Å². The maximum Gasteiger partial charge on any atom is 0.244 e. The number of likely N-dealkylation sites (tertiary alicyclic amines) is 2. The normalized spacial score (nSPS) is 26.9. The second-order valence-corrected chi connectivity index (χ2v) is 8.86. The molecule has 1 saturated carbocycles. The molecular formula is C21H32N4O2. The number of piperidine rings is 1. The van der Waals surface area contributed by atoms with Crippen LogP contribution >= 0.6 is 0 Å². The summed E-state index contributed by atoms with van der Waals surface area (Å²) in [6.07, 6.45) is 11.2. The van der Waals surface area contributed by atoms with Gasteiger partial charge >= 0.3 is 0 Å². The molecule has 0 radical (unpaired) electrons. The lowest BCUT2D eigenvalue weighted by molar-refractivity contribution is -0.147. The maximum absolute atomic E-state index is 13.3. The molecule has 148 valence electrons. The van der Waals surface area contributed by atoms with Gasteiger partial charge in [0, 0.05) is 32.4 Å². The number of hydrogen-bond donors (Lipinski definition) is 0. The molecule has 2 amide bonds. The average Bonchev–Trinajstić information content (AvgIpc) is 3.27. The Morgan fingerprint density at radius 2 is 2.00 bits per heavy atom. The van der Waals surface area contributed by atoms with Crippen molar-refractivity contribution in [1.82, 2.24) is 19.6 Å². The van der Waals surface area contributed by atoms with E-state index < -0.39 is 0 Å². The van der Waals surface area contributed by atoms with Gasteiger partial charge in [-0.3, -0.25) is 14.3 Å². The van der Waals surface area contributed by atoms with E-state index in [9.17, 15) is 9.59 Å². The van der Waals surface area contributed by atoms with Crippen LogP contribution in [0.5, 0.6) is 0 Å². The van der Waals surface area contributed by atoms with E-state index in [1.807, 2.05) is 24.1 Å². The van der Waals surface area contributed by atoms with E-state index in [4.69, 9.17) is 0 Å². The van der Waals surface area contributed by atoms with Crippen molar-refractivity contribution in [3.8, 4) is 0 Å². The molecule has 3 heterocycles. The zero-order chi connectivity index (χ0) is 18.9. The van der Waals surface area contributed by atoms with Crippen molar-refractivity contribution in [3.63, 3.8) is 0 Å². The van der Waals surface area contributed by atoms with Gasteiger partial charge in [-0.15, -0.1) is 0 Å². The molecule has 3 fully saturated rings. The Hall–Kier alpha value is -1.85. The summed E-state index contributed by atoms with van der Waals surface area (Å²) in [5.74, 6) is 1.07. The number of carbonyl (C=O) groups is 2. The molecular weight excluding hydrogens is 340 g/mol. The Morgan fingerprint density at radius 1 is 1.19 bits per heavy atom. The van der Waals surface area contributed by atoms with Crippen molar-refractivity contribution < 1.29 is 9.59 Å². The van der Waals surface area contributed by atoms with Gasteiger partial charge in [0.05, 0.1) is 11.1 Å². The summed E-state index contributed by atoms with van der Waals surface area (Å²) < 4.78 is 1.70. The molecule has 27 heavy (non-hydrogen) atoms. The van der Waals surface area contributed by atoms with Gasteiger partial charge in [-0.2, -0.15) is 5.10 Å². The van der Waals surface area contributed by atoms with E-state index >= 15 is 0 Å². The first-order chi connectivity index (χ1) is 13.1. The summed E-state index contributed by atoms with van der Waals surface area (Å²) in [4.78, 5) is 30.0. The maximum atomic E-state index is 13.3. The van der Waals surface area contributed by atoms with Crippen molar-refractivity contribution in [2.45, 2.75) is 64.8 Å². The molecule has 1 aromatic rings. The van der Waals surface area contributed by atoms with E-state index in [0.29, 0.717) is 24.9 Å². The largest absolute Gasteiger partial charge is 0.342 e. The fourth-order valence-electron chi connectivity index (χ4n) is 5.26. The van der Waals surface area contributed by atoms with Crippen LogP contribution in [0.3, 0.4) is 0 Å². The molecule has 6 heteroatoms. The predicted octanol–water partition coefficient (Wildman–Crippen LogP) is 2.61. The van der Waals surface area contributed by atoms with Gasteiger partial charge in [0.25, 0.3) is 0 Å². The fraction of sp³-hybridized carbons (Fsp3) is 0.762. The van der Waals surface area contributed by atoms with E-state index in [2.05, 4.69) is 10.00 Å². The summed E-state index contributed by atoms with van der Waals surface area (Å²) in [6.45, 7) is 5.31. The summed E-state index contributed by atoms with van der Waals surface area (Å²) in [5, 5.41) is 4.31. The number of carbonyl (C=O) groups excluding carboxylic acids is 2. The Bertz CT molecular complexity index is 694. The number of aromatic nitrogens is 2. The van der Waals surface area contributed by atoms with Crippen LogP contribution in [0.15, 0.2) is 12.3 Å². The second kappa shape index (κ2) is 7.64. The third kappa shape index (κ3) is 3.90. The molecule has 0 bridgehead atoms. The van der Waals surface area contributed by atoms with Gasteiger partial charge in [0.15, 0.2) is 0 Å². The van der Waals surface area contributed by atoms with Gasteiger partial charge in [0.2, 0.25) is 11.8 Å². The van der Waals surface area contributed by atoms with Gasteiger partial charge in [-0.25, -0.2) is 0 Å². The van der Waals surface area contributed by atoms with Crippen LogP contribution in [0.4, 0.5) is 0 Å². The van der Waals surface area contributed by atoms with Crippen molar-refractivity contribution in [3.05, 3.63) is 18.0 Å². The summed E-state index contributed by atoms with van der Waals surface area (Å²) in [6, 6.07) is 1.91. The van der Waals surface area contributed by atoms with E-state index in [-0.39, 0.29) is 17.9 Å². The van der Waals surface area contributed by atoms with Crippen LogP contribution in [-0.4, -0.2) is 57.6 Å². The summed E-state index contributed by atoms with van der Waals surface area (Å²) >= 11 is 0. The molecule has 2 saturated heterocycles. The highest BCUT2D eigenvalue weighted by Crippen LogP contribution is 2.41. The first-order valence-electron chi connectivity index (χ1n) is 10.6. The molecule has 6 nitrogen and oxygen atoms in total. The quantitative estimate of drug-likeness (QED) is 0.816. The minimum Gasteiger partial charge on any atom is -0.342 e. The number of rotatable bonds is 4. The van der Waals surface area contributed by atoms with Crippen molar-refractivity contribution in [2.24, 2.45) is 11.3 Å². The predicted molar refractivity (Wildman–Crippen MR) is 103 cm³/mol. The van der Waals surface area contributed by atoms with E-state index in [0.717, 1.165) is 38.0 Å². The van der Waals surface area contributed by atoms with E-state index in [1.54, 1.807) is 4.68 Å². The monoisotopic (exact) mass is 372 g/mol. The first-order valence-corrected chi connectivity index (χ1v) is 10.6. The lowest BCUT2D eigenvalue weighted by Crippen LogP contribution is -2.51. The highest BCUT2D eigenvalue weighted by atomic mass is 16.2. The van der Waals surface area contributed by atoms with Crippen molar-refractivity contribution in [1.29, 1.82) is 0 Å². The molecule has 3 aliphatic rings. The van der Waals surface area contributed by atoms with Gasteiger partial charge in [-0.1, -0.05) is 19.3 Å². The molecule has 4 rings (SSSR count). The minimum absolute atomic E-state index is 0.0761. The van der Waals surface area contributed by atoms with Crippen LogP contribution < -0.4 is 0 Å². The minimum atomic E-state index is -0.331. The summed E-state index contributed by atoms with van der Waals surface area (Å²) in [5.41, 5.74) is 0.587. The Kier molecular flexibility index (Phi) is 5.24. The van der Waals surface area contributed by atoms with E-state index in [1.165, 1.54) is 32.1 Å². The molecule has 1 aliphatic carbocycles. The number of aryl methyl sites for hydroxylation is 1. The third-order valence-corrected chi connectivity index (χ3v) is 6.81. The number of hydrogen-bond acceptors (Lipinski definition) is 3.